The van der Waals surface area contributed by atoms with Crippen molar-refractivity contribution < 1.29 is 4.42 Å². The van der Waals surface area contributed by atoms with Crippen LogP contribution in [0.4, 0.5) is 0 Å². The first-order valence-corrected chi connectivity index (χ1v) is 18.4. The quantitative estimate of drug-likeness (QED) is 0.186. The molecule has 8 aromatic rings. The summed E-state index contributed by atoms with van der Waals surface area (Å²) in [6.07, 6.45) is 18.2. The fourth-order valence-electron chi connectivity index (χ4n) is 8.56. The standard InChI is InChI=1S/C49H33N3O/c1-2-13-33-28-35(25-22-30(33)10-1)47-50-48(36-26-27-39-34(29-36)24-23-32-12-4-5-15-37(32)39)52-49(51-47)43-20-9-21-44-45(43)42-19-8-18-41(46(42)53-44)40-17-7-14-31-11-3-6-16-38(31)40/h1-21,23-25,28-30H,22,26-27H2. The average molecular weight is 680 g/mol. The molecule has 6 aromatic carbocycles. The minimum absolute atomic E-state index is 0.388. The highest BCUT2D eigenvalue weighted by Crippen LogP contribution is 2.42. The van der Waals surface area contributed by atoms with Crippen molar-refractivity contribution >= 4 is 60.7 Å². The zero-order valence-corrected chi connectivity index (χ0v) is 29.0. The van der Waals surface area contributed by atoms with E-state index >= 15 is 0 Å². The van der Waals surface area contributed by atoms with Crippen LogP contribution in [0.1, 0.15) is 35.6 Å². The monoisotopic (exact) mass is 679 g/mol. The molecule has 2 heterocycles. The summed E-state index contributed by atoms with van der Waals surface area (Å²) in [5, 5.41) is 7.06. The fourth-order valence-corrected chi connectivity index (χ4v) is 8.56. The summed E-state index contributed by atoms with van der Waals surface area (Å²) in [7, 11) is 0. The number of aryl methyl sites for hydroxylation is 1. The molecule has 4 nitrogen and oxygen atoms in total. The lowest BCUT2D eigenvalue weighted by molar-refractivity contribution is 0.670. The van der Waals surface area contributed by atoms with Crippen LogP contribution >= 0.6 is 0 Å². The van der Waals surface area contributed by atoms with E-state index in [1.165, 1.54) is 38.2 Å². The van der Waals surface area contributed by atoms with Crippen LogP contribution in [-0.2, 0) is 6.42 Å². The molecule has 3 aliphatic rings. The molecular formula is C49H33N3O. The largest absolute Gasteiger partial charge is 0.455 e. The second-order valence-corrected chi connectivity index (χ2v) is 14.2. The molecule has 0 spiro atoms. The third-order valence-electron chi connectivity index (χ3n) is 11.2. The van der Waals surface area contributed by atoms with Crippen LogP contribution in [0.15, 0.2) is 162 Å². The Balaban J connectivity index is 1.11. The number of fused-ring (bicyclic) bond motifs is 8. The van der Waals surface area contributed by atoms with Gasteiger partial charge in [-0.2, -0.15) is 0 Å². The Hall–Kier alpha value is -6.65. The Labute approximate surface area is 306 Å². The van der Waals surface area contributed by atoms with Crippen molar-refractivity contribution in [1.29, 1.82) is 0 Å². The van der Waals surface area contributed by atoms with Crippen LogP contribution in [0.2, 0.25) is 0 Å². The predicted molar refractivity (Wildman–Crippen MR) is 218 cm³/mol. The molecule has 0 fully saturated rings. The molecule has 11 rings (SSSR count). The number of nitrogens with zero attached hydrogens (tertiary/aromatic N) is 3. The minimum atomic E-state index is 0.388. The van der Waals surface area contributed by atoms with Crippen molar-refractivity contribution in [3.05, 3.63) is 180 Å². The lowest BCUT2D eigenvalue weighted by Crippen LogP contribution is -2.10. The van der Waals surface area contributed by atoms with Gasteiger partial charge in [-0.3, -0.25) is 0 Å². The maximum absolute atomic E-state index is 6.76. The fraction of sp³-hybridized carbons (Fsp3) is 0.0816. The summed E-state index contributed by atoms with van der Waals surface area (Å²) in [6.45, 7) is 0. The van der Waals surface area contributed by atoms with Gasteiger partial charge in [-0.25, -0.2) is 15.0 Å². The molecular weight excluding hydrogens is 647 g/mol. The SMILES string of the molecule is C1=CC2=CC(c3nc(C4=Cc5ccc6ccccc6c5CC4)nc(-c4cccc5oc6c(-c7cccc8ccccc78)cccc6c45)n3)=CCC2C=C1. The van der Waals surface area contributed by atoms with E-state index in [9.17, 15) is 0 Å². The maximum atomic E-state index is 6.76. The molecule has 0 amide bonds. The van der Waals surface area contributed by atoms with E-state index in [1.807, 2.05) is 6.07 Å². The summed E-state index contributed by atoms with van der Waals surface area (Å²) in [5.74, 6) is 2.47. The van der Waals surface area contributed by atoms with E-state index in [1.54, 1.807) is 0 Å². The molecule has 0 N–H and O–H groups in total. The number of para-hydroxylation sites is 1. The first-order chi connectivity index (χ1) is 26.2. The molecule has 3 aliphatic carbocycles. The Morgan fingerprint density at radius 1 is 0.566 bits per heavy atom. The Kier molecular flexibility index (Phi) is 6.78. The van der Waals surface area contributed by atoms with Gasteiger partial charge < -0.3 is 4.42 Å². The Morgan fingerprint density at radius 3 is 2.25 bits per heavy atom. The van der Waals surface area contributed by atoms with E-state index in [2.05, 4.69) is 152 Å². The maximum Gasteiger partial charge on any atom is 0.164 e. The number of furan rings is 1. The Bertz CT molecular complexity index is 2980. The molecule has 2 aromatic heterocycles. The van der Waals surface area contributed by atoms with Crippen LogP contribution in [0, 0.1) is 5.92 Å². The topological polar surface area (TPSA) is 51.8 Å². The number of hydrogen-bond donors (Lipinski definition) is 0. The van der Waals surface area contributed by atoms with Crippen molar-refractivity contribution in [2.24, 2.45) is 5.92 Å². The average Bonchev–Trinajstić information content (AvgIpc) is 3.62. The first kappa shape index (κ1) is 30.0. The van der Waals surface area contributed by atoms with Crippen molar-refractivity contribution in [2.45, 2.75) is 19.3 Å². The molecule has 0 saturated heterocycles. The first-order valence-electron chi connectivity index (χ1n) is 18.4. The van der Waals surface area contributed by atoms with Gasteiger partial charge >= 0.3 is 0 Å². The lowest BCUT2D eigenvalue weighted by atomic mass is 9.85. The van der Waals surface area contributed by atoms with Crippen molar-refractivity contribution in [1.82, 2.24) is 15.0 Å². The molecule has 4 heteroatoms. The van der Waals surface area contributed by atoms with Crippen LogP contribution < -0.4 is 0 Å². The number of hydrogen-bond acceptors (Lipinski definition) is 4. The van der Waals surface area contributed by atoms with Crippen LogP contribution in [0.25, 0.3) is 83.2 Å². The van der Waals surface area contributed by atoms with Crippen molar-refractivity contribution in [3.63, 3.8) is 0 Å². The molecule has 1 unspecified atom stereocenters. The summed E-state index contributed by atoms with van der Waals surface area (Å²) in [5.41, 5.74) is 10.9. The van der Waals surface area contributed by atoms with E-state index in [0.717, 1.165) is 74.9 Å². The lowest BCUT2D eigenvalue weighted by Gasteiger charge is -2.21. The van der Waals surface area contributed by atoms with Gasteiger partial charge in [0, 0.05) is 33.4 Å². The molecule has 250 valence electrons. The van der Waals surface area contributed by atoms with Crippen LogP contribution in [-0.4, -0.2) is 15.0 Å². The zero-order chi connectivity index (χ0) is 34.9. The zero-order valence-electron chi connectivity index (χ0n) is 29.0. The predicted octanol–water partition coefficient (Wildman–Crippen LogP) is 12.4. The third kappa shape index (κ3) is 4.94. The van der Waals surface area contributed by atoms with Gasteiger partial charge in [-0.1, -0.05) is 140 Å². The van der Waals surface area contributed by atoms with Gasteiger partial charge in [0.1, 0.15) is 11.2 Å². The normalized spacial score (nSPS) is 16.5. The second kappa shape index (κ2) is 12.0. The summed E-state index contributed by atoms with van der Waals surface area (Å²) in [4.78, 5) is 15.8. The summed E-state index contributed by atoms with van der Waals surface area (Å²) < 4.78 is 6.76. The number of benzene rings is 6. The number of allylic oxidation sites excluding steroid dienone is 9. The summed E-state index contributed by atoms with van der Waals surface area (Å²) in [6, 6.07) is 40.8. The van der Waals surface area contributed by atoms with Gasteiger partial charge in [0.2, 0.25) is 0 Å². The number of rotatable bonds is 4. The highest BCUT2D eigenvalue weighted by molar-refractivity contribution is 6.16. The Morgan fingerprint density at radius 2 is 1.30 bits per heavy atom. The molecule has 0 bridgehead atoms. The third-order valence-corrected chi connectivity index (χ3v) is 11.2. The van der Waals surface area contributed by atoms with Crippen molar-refractivity contribution in [2.75, 3.05) is 0 Å². The van der Waals surface area contributed by atoms with Gasteiger partial charge in [-0.15, -0.1) is 0 Å². The smallest absolute Gasteiger partial charge is 0.164 e. The molecule has 1 atom stereocenters. The van der Waals surface area contributed by atoms with Gasteiger partial charge in [-0.05, 0) is 86.9 Å². The molecule has 0 radical (unpaired) electrons. The molecule has 0 saturated carbocycles. The number of aromatic nitrogens is 3. The minimum Gasteiger partial charge on any atom is -0.455 e. The van der Waals surface area contributed by atoms with Crippen molar-refractivity contribution in [3.8, 4) is 22.5 Å². The van der Waals surface area contributed by atoms with E-state index < -0.39 is 0 Å². The molecule has 0 aliphatic heterocycles. The van der Waals surface area contributed by atoms with Gasteiger partial charge in [0.25, 0.3) is 0 Å². The highest BCUT2D eigenvalue weighted by atomic mass is 16.3. The molecule has 53 heavy (non-hydrogen) atoms. The van der Waals surface area contributed by atoms with E-state index in [0.29, 0.717) is 17.6 Å². The van der Waals surface area contributed by atoms with Gasteiger partial charge in [0.05, 0.1) is 0 Å². The van der Waals surface area contributed by atoms with E-state index in [4.69, 9.17) is 19.4 Å². The van der Waals surface area contributed by atoms with Crippen LogP contribution in [0.5, 0.6) is 0 Å². The van der Waals surface area contributed by atoms with E-state index in [-0.39, 0.29) is 0 Å². The highest BCUT2D eigenvalue weighted by Gasteiger charge is 2.24. The van der Waals surface area contributed by atoms with Crippen LogP contribution in [0.3, 0.4) is 0 Å². The van der Waals surface area contributed by atoms with Gasteiger partial charge in [0.15, 0.2) is 17.5 Å². The summed E-state index contributed by atoms with van der Waals surface area (Å²) >= 11 is 0. The second-order valence-electron chi connectivity index (χ2n) is 14.2.